The van der Waals surface area contributed by atoms with Crippen LogP contribution in [0.3, 0.4) is 0 Å². The topological polar surface area (TPSA) is 72.2 Å². The van der Waals surface area contributed by atoms with Crippen molar-refractivity contribution in [3.05, 3.63) is 58.3 Å². The molecule has 0 atom stereocenters. The molecule has 0 aliphatic heterocycles. The van der Waals surface area contributed by atoms with Crippen molar-refractivity contribution in [2.45, 2.75) is 0 Å². The van der Waals surface area contributed by atoms with Gasteiger partial charge in [-0.3, -0.25) is 9.59 Å². The van der Waals surface area contributed by atoms with Crippen LogP contribution in [-0.2, 0) is 4.79 Å². The number of carbonyl (C=O) groups excluding carboxylic acids is 2. The predicted molar refractivity (Wildman–Crippen MR) is 76.9 cm³/mol. The Hall–Kier alpha value is -2.40. The number of nitrogens with two attached hydrogens (primary N) is 1. The SMILES string of the molecule is NC(=O)c1ccc(NC(=O)/C=C/c2cccs2)cc1. The highest BCUT2D eigenvalue weighted by molar-refractivity contribution is 7.10. The first-order valence-corrected chi connectivity index (χ1v) is 6.45. The number of thiophene rings is 1. The number of rotatable bonds is 4. The van der Waals surface area contributed by atoms with Crippen LogP contribution < -0.4 is 11.1 Å². The van der Waals surface area contributed by atoms with Gasteiger partial charge in [0.05, 0.1) is 0 Å². The average Bonchev–Trinajstić information content (AvgIpc) is 2.90. The molecule has 1 heterocycles. The van der Waals surface area contributed by atoms with E-state index in [1.807, 2.05) is 17.5 Å². The largest absolute Gasteiger partial charge is 0.366 e. The van der Waals surface area contributed by atoms with Crippen molar-refractivity contribution in [3.8, 4) is 0 Å². The first-order chi connectivity index (χ1) is 9.15. The molecule has 1 aromatic carbocycles. The molecule has 0 unspecified atom stereocenters. The van der Waals surface area contributed by atoms with Gasteiger partial charge in [0.1, 0.15) is 0 Å². The van der Waals surface area contributed by atoms with Gasteiger partial charge in [-0.25, -0.2) is 0 Å². The fourth-order valence-electron chi connectivity index (χ4n) is 1.45. The molecule has 0 saturated carbocycles. The third-order valence-electron chi connectivity index (χ3n) is 2.38. The second-order valence-electron chi connectivity index (χ2n) is 3.78. The quantitative estimate of drug-likeness (QED) is 0.839. The molecule has 0 aliphatic carbocycles. The first-order valence-electron chi connectivity index (χ1n) is 5.57. The molecule has 96 valence electrons. The Kier molecular flexibility index (Phi) is 4.10. The van der Waals surface area contributed by atoms with Gasteiger partial charge in [-0.2, -0.15) is 0 Å². The van der Waals surface area contributed by atoms with Crippen LogP contribution in [0.5, 0.6) is 0 Å². The lowest BCUT2D eigenvalue weighted by atomic mass is 10.2. The Bertz CT molecular complexity index is 601. The van der Waals surface area contributed by atoms with E-state index in [0.717, 1.165) is 4.88 Å². The van der Waals surface area contributed by atoms with E-state index in [4.69, 9.17) is 5.73 Å². The average molecular weight is 272 g/mol. The van der Waals surface area contributed by atoms with Crippen LogP contribution in [0, 0.1) is 0 Å². The van der Waals surface area contributed by atoms with Crippen LogP contribution in [0.2, 0.25) is 0 Å². The van der Waals surface area contributed by atoms with E-state index in [2.05, 4.69) is 5.32 Å². The van der Waals surface area contributed by atoms with Gasteiger partial charge in [0.2, 0.25) is 11.8 Å². The zero-order chi connectivity index (χ0) is 13.7. The summed E-state index contributed by atoms with van der Waals surface area (Å²) in [4.78, 5) is 23.5. The summed E-state index contributed by atoms with van der Waals surface area (Å²) < 4.78 is 0. The van der Waals surface area contributed by atoms with E-state index in [1.54, 1.807) is 41.7 Å². The van der Waals surface area contributed by atoms with Crippen LogP contribution in [0.1, 0.15) is 15.2 Å². The molecule has 2 amide bonds. The normalized spacial score (nSPS) is 10.5. The molecule has 0 saturated heterocycles. The van der Waals surface area contributed by atoms with Gasteiger partial charge >= 0.3 is 0 Å². The molecule has 0 aliphatic rings. The number of nitrogens with one attached hydrogen (secondary N) is 1. The zero-order valence-electron chi connectivity index (χ0n) is 10.00. The van der Waals surface area contributed by atoms with Crippen LogP contribution in [0.4, 0.5) is 5.69 Å². The summed E-state index contributed by atoms with van der Waals surface area (Å²) >= 11 is 1.56. The first kappa shape index (κ1) is 13.0. The van der Waals surface area contributed by atoms with Crippen molar-refractivity contribution in [1.82, 2.24) is 0 Å². The second kappa shape index (κ2) is 5.97. The van der Waals surface area contributed by atoms with Crippen LogP contribution in [-0.4, -0.2) is 11.8 Å². The summed E-state index contributed by atoms with van der Waals surface area (Å²) in [6, 6.07) is 10.3. The number of amides is 2. The lowest BCUT2D eigenvalue weighted by molar-refractivity contribution is -0.111. The van der Waals surface area contributed by atoms with Crippen molar-refractivity contribution in [1.29, 1.82) is 0 Å². The fourth-order valence-corrected chi connectivity index (χ4v) is 2.06. The summed E-state index contributed by atoms with van der Waals surface area (Å²) in [5.41, 5.74) is 6.16. The Morgan fingerprint density at radius 3 is 2.47 bits per heavy atom. The van der Waals surface area contributed by atoms with Gasteiger partial charge in [0.25, 0.3) is 0 Å². The predicted octanol–water partition coefficient (Wildman–Crippen LogP) is 2.50. The Balaban J connectivity index is 1.97. The minimum atomic E-state index is -0.490. The van der Waals surface area contributed by atoms with Gasteiger partial charge in [-0.1, -0.05) is 6.07 Å². The lowest BCUT2D eigenvalue weighted by Gasteiger charge is -2.02. The number of hydrogen-bond donors (Lipinski definition) is 2. The minimum Gasteiger partial charge on any atom is -0.366 e. The van der Waals surface area contributed by atoms with Crippen LogP contribution >= 0.6 is 11.3 Å². The molecule has 19 heavy (non-hydrogen) atoms. The minimum absolute atomic E-state index is 0.222. The monoisotopic (exact) mass is 272 g/mol. The molecule has 0 spiro atoms. The Morgan fingerprint density at radius 2 is 1.89 bits per heavy atom. The lowest BCUT2D eigenvalue weighted by Crippen LogP contribution is -2.11. The maximum atomic E-state index is 11.6. The van der Waals surface area contributed by atoms with E-state index < -0.39 is 5.91 Å². The van der Waals surface area contributed by atoms with Gasteiger partial charge < -0.3 is 11.1 Å². The molecule has 2 rings (SSSR count). The van der Waals surface area contributed by atoms with E-state index >= 15 is 0 Å². The summed E-state index contributed by atoms with van der Waals surface area (Å²) in [6.45, 7) is 0. The Morgan fingerprint density at radius 1 is 1.16 bits per heavy atom. The molecule has 5 heteroatoms. The van der Waals surface area contributed by atoms with Crippen LogP contribution in [0.25, 0.3) is 6.08 Å². The Labute approximate surface area is 114 Å². The van der Waals surface area contributed by atoms with Gasteiger partial charge in [-0.15, -0.1) is 11.3 Å². The summed E-state index contributed by atoms with van der Waals surface area (Å²) in [7, 11) is 0. The highest BCUT2D eigenvalue weighted by Gasteiger charge is 2.01. The molecule has 0 fully saturated rings. The van der Waals surface area contributed by atoms with Crippen molar-refractivity contribution < 1.29 is 9.59 Å². The van der Waals surface area contributed by atoms with Crippen molar-refractivity contribution in [2.75, 3.05) is 5.32 Å². The van der Waals surface area contributed by atoms with Crippen LogP contribution in [0.15, 0.2) is 47.9 Å². The summed E-state index contributed by atoms with van der Waals surface area (Å²) in [5.74, 6) is -0.712. The smallest absolute Gasteiger partial charge is 0.248 e. The standard InChI is InChI=1S/C14H12N2O2S/c15-14(18)10-3-5-11(6-4-10)16-13(17)8-7-12-2-1-9-19-12/h1-9H,(H2,15,18)(H,16,17)/b8-7+. The number of benzene rings is 1. The number of anilines is 1. The van der Waals surface area contributed by atoms with E-state index in [0.29, 0.717) is 11.3 Å². The maximum absolute atomic E-state index is 11.6. The third kappa shape index (κ3) is 3.79. The van der Waals surface area contributed by atoms with Crippen molar-refractivity contribution in [3.63, 3.8) is 0 Å². The molecule has 0 bridgehead atoms. The zero-order valence-corrected chi connectivity index (χ0v) is 10.8. The molecule has 0 radical (unpaired) electrons. The molecule has 4 nitrogen and oxygen atoms in total. The number of hydrogen-bond acceptors (Lipinski definition) is 3. The van der Waals surface area contributed by atoms with E-state index in [1.165, 1.54) is 6.08 Å². The second-order valence-corrected chi connectivity index (χ2v) is 4.76. The number of primary amides is 1. The third-order valence-corrected chi connectivity index (χ3v) is 3.22. The van der Waals surface area contributed by atoms with E-state index in [-0.39, 0.29) is 5.91 Å². The summed E-state index contributed by atoms with van der Waals surface area (Å²) in [6.07, 6.45) is 3.21. The molecular weight excluding hydrogens is 260 g/mol. The van der Waals surface area contributed by atoms with E-state index in [9.17, 15) is 9.59 Å². The molecule has 3 N–H and O–H groups in total. The fraction of sp³-hybridized carbons (Fsp3) is 0. The van der Waals surface area contributed by atoms with Crippen molar-refractivity contribution in [2.24, 2.45) is 5.73 Å². The highest BCUT2D eigenvalue weighted by atomic mass is 32.1. The highest BCUT2D eigenvalue weighted by Crippen LogP contribution is 2.11. The molecule has 2 aromatic rings. The molecular formula is C14H12N2O2S. The van der Waals surface area contributed by atoms with Gasteiger partial charge in [-0.05, 0) is 41.8 Å². The maximum Gasteiger partial charge on any atom is 0.248 e. The van der Waals surface area contributed by atoms with Gasteiger partial charge in [0.15, 0.2) is 0 Å². The van der Waals surface area contributed by atoms with Gasteiger partial charge in [0, 0.05) is 22.2 Å². The number of carbonyl (C=O) groups is 2. The molecule has 1 aromatic heterocycles. The summed E-state index contributed by atoms with van der Waals surface area (Å²) in [5, 5.41) is 4.64. The van der Waals surface area contributed by atoms with Crippen molar-refractivity contribution >= 4 is 34.9 Å².